The van der Waals surface area contributed by atoms with Gasteiger partial charge in [-0.3, -0.25) is 4.79 Å². The largest absolute Gasteiger partial charge is 0.408 e. The van der Waals surface area contributed by atoms with Gasteiger partial charge in [0.25, 0.3) is 5.91 Å². The summed E-state index contributed by atoms with van der Waals surface area (Å²) in [6, 6.07) is 1.94. The minimum Gasteiger partial charge on any atom is -0.368 e. The number of benzene rings is 1. The van der Waals surface area contributed by atoms with Crippen LogP contribution in [0.2, 0.25) is 0 Å². The number of nitrogens with two attached hydrogens (primary N) is 2. The average molecular weight is 453 g/mol. The number of amides is 1. The fraction of sp³-hybridized carbons (Fsp3) is 0.238. The zero-order valence-corrected chi connectivity index (χ0v) is 17.5. The van der Waals surface area contributed by atoms with Crippen LogP contribution in [0.4, 0.5) is 24.9 Å². The maximum absolute atomic E-state index is 13.7. The topological polar surface area (TPSA) is 136 Å². The van der Waals surface area contributed by atoms with E-state index < -0.39 is 24.0 Å². The molecule has 1 atom stereocenters. The van der Waals surface area contributed by atoms with Crippen LogP contribution in [0.3, 0.4) is 0 Å². The van der Waals surface area contributed by atoms with Crippen molar-refractivity contribution in [3.63, 3.8) is 0 Å². The van der Waals surface area contributed by atoms with E-state index in [9.17, 15) is 18.0 Å². The molecular weight excluding hydrogens is 434 g/mol. The summed E-state index contributed by atoms with van der Waals surface area (Å²) >= 11 is 0. The predicted molar refractivity (Wildman–Crippen MR) is 122 cm³/mol. The monoisotopic (exact) mass is 453 g/mol. The number of hydrogen-bond acceptors (Lipinski definition) is 6. The van der Waals surface area contributed by atoms with Gasteiger partial charge < -0.3 is 21.8 Å². The van der Waals surface area contributed by atoms with E-state index in [1.165, 1.54) is 6.20 Å². The molecule has 168 valence electrons. The third-order valence-corrected chi connectivity index (χ3v) is 5.96. The molecule has 3 aromatic heterocycles. The second kappa shape index (κ2) is 7.36. The van der Waals surface area contributed by atoms with E-state index in [1.807, 2.05) is 20.0 Å². The lowest BCUT2D eigenvalue weighted by Crippen LogP contribution is -2.38. The molecule has 0 bridgehead atoms. The van der Waals surface area contributed by atoms with Gasteiger partial charge in [-0.15, -0.1) is 0 Å². The molecule has 4 aromatic rings. The normalized spacial score (nSPS) is 15.1. The molecule has 0 saturated heterocycles. The average Bonchev–Trinajstić information content (AvgIpc) is 3.51. The summed E-state index contributed by atoms with van der Waals surface area (Å²) in [6.45, 7) is 0. The molecule has 0 radical (unpaired) electrons. The van der Waals surface area contributed by atoms with Gasteiger partial charge in [0, 0.05) is 35.1 Å². The molecule has 1 aromatic carbocycles. The minimum atomic E-state index is -4.43. The Balaban J connectivity index is 1.72. The summed E-state index contributed by atoms with van der Waals surface area (Å²) in [5, 5.41) is 3.61. The van der Waals surface area contributed by atoms with Gasteiger partial charge in [-0.25, -0.2) is 15.0 Å². The maximum atomic E-state index is 13.7. The third kappa shape index (κ3) is 3.71. The second-order valence-electron chi connectivity index (χ2n) is 8.30. The Morgan fingerprint density at radius 1 is 1.18 bits per heavy atom. The Kier molecular flexibility index (Phi) is 4.69. The van der Waals surface area contributed by atoms with Gasteiger partial charge in [-0.1, -0.05) is 11.5 Å². The zero-order valence-electron chi connectivity index (χ0n) is 17.5. The number of aromatic nitrogens is 4. The van der Waals surface area contributed by atoms with Crippen LogP contribution in [-0.4, -0.2) is 45.9 Å². The van der Waals surface area contributed by atoms with Crippen LogP contribution >= 0.6 is 0 Å². The van der Waals surface area contributed by atoms with Crippen molar-refractivity contribution in [3.05, 3.63) is 36.3 Å². The number of hydrogen-bond donors (Lipinski definition) is 4. The number of nitrogens with one attached hydrogen (secondary N) is 2. The van der Waals surface area contributed by atoms with Crippen LogP contribution in [0.15, 0.2) is 30.7 Å². The number of pyridine rings is 1. The quantitative estimate of drug-likeness (QED) is 0.341. The number of halogens is 3. The lowest BCUT2D eigenvalue weighted by atomic mass is 9.86. The van der Waals surface area contributed by atoms with Gasteiger partial charge in [0.05, 0.1) is 16.5 Å². The minimum absolute atomic E-state index is 0.0541. The molecule has 12 heteroatoms. The van der Waals surface area contributed by atoms with E-state index in [0.29, 0.717) is 34.6 Å². The van der Waals surface area contributed by atoms with Crippen LogP contribution in [0.5, 0.6) is 0 Å². The first kappa shape index (κ1) is 21.0. The molecule has 0 spiro atoms. The molecule has 8 nitrogen and oxygen atoms in total. The molecule has 1 aliphatic rings. The molecule has 1 saturated carbocycles. The number of H-pyrrole nitrogens is 1. The van der Waals surface area contributed by atoms with E-state index in [2.05, 4.69) is 25.3 Å². The number of primary amides is 1. The van der Waals surface area contributed by atoms with E-state index in [-0.39, 0.29) is 17.3 Å². The van der Waals surface area contributed by atoms with Gasteiger partial charge in [0.2, 0.25) is 5.95 Å². The van der Waals surface area contributed by atoms with Gasteiger partial charge in [0.1, 0.15) is 19.7 Å². The molecule has 1 aliphatic carbocycles. The predicted octanol–water partition coefficient (Wildman–Crippen LogP) is 1.87. The Bertz CT molecular complexity index is 1400. The Morgan fingerprint density at radius 3 is 2.48 bits per heavy atom. The first-order chi connectivity index (χ1) is 15.6. The maximum Gasteiger partial charge on any atom is 0.408 e. The van der Waals surface area contributed by atoms with Crippen molar-refractivity contribution in [1.29, 1.82) is 0 Å². The van der Waals surface area contributed by atoms with Crippen LogP contribution < -0.4 is 22.2 Å². The molecule has 5 rings (SSSR count). The smallest absolute Gasteiger partial charge is 0.368 e. The van der Waals surface area contributed by atoms with Crippen LogP contribution in [0.1, 0.15) is 23.2 Å². The fourth-order valence-corrected chi connectivity index (χ4v) is 4.18. The molecule has 33 heavy (non-hydrogen) atoms. The summed E-state index contributed by atoms with van der Waals surface area (Å²) in [6.07, 6.45) is 0.948. The first-order valence-electron chi connectivity index (χ1n) is 10.3. The highest BCUT2D eigenvalue weighted by atomic mass is 19.4. The van der Waals surface area contributed by atoms with Gasteiger partial charge in [-0.2, -0.15) is 13.2 Å². The van der Waals surface area contributed by atoms with Gasteiger partial charge in [-0.05, 0) is 30.4 Å². The Hall–Kier alpha value is -3.83. The molecule has 3 heterocycles. The molecule has 1 unspecified atom stereocenters. The number of nitrogen functional groups attached to an aromatic ring is 1. The number of alkyl halides is 3. The van der Waals surface area contributed by atoms with E-state index in [0.717, 1.165) is 16.6 Å². The SMILES string of the molecule is Bc1cc2c(cc1-c1cnc(N)nc1)[nH]c1c(C(N)=O)cnc(NC(C3CC3)C(F)(F)F)c12. The molecule has 1 amide bonds. The molecular formula is C21H19BF3N7O. The van der Waals surface area contributed by atoms with Crippen molar-refractivity contribution in [2.45, 2.75) is 25.1 Å². The fourth-order valence-electron chi connectivity index (χ4n) is 4.18. The summed E-state index contributed by atoms with van der Waals surface area (Å²) in [4.78, 5) is 27.4. The number of anilines is 2. The number of aromatic amines is 1. The molecule has 1 fully saturated rings. The van der Waals surface area contributed by atoms with Crippen LogP contribution in [-0.2, 0) is 0 Å². The Labute approximate surface area is 186 Å². The lowest BCUT2D eigenvalue weighted by Gasteiger charge is -2.22. The highest BCUT2D eigenvalue weighted by Crippen LogP contribution is 2.43. The highest BCUT2D eigenvalue weighted by molar-refractivity contribution is 6.38. The second-order valence-corrected chi connectivity index (χ2v) is 8.30. The summed E-state index contributed by atoms with van der Waals surface area (Å²) in [5.41, 5.74) is 14.5. The number of carbonyl (C=O) groups is 1. The van der Waals surface area contributed by atoms with E-state index in [4.69, 9.17) is 11.5 Å². The first-order valence-corrected chi connectivity index (χ1v) is 10.3. The summed E-state index contributed by atoms with van der Waals surface area (Å²) < 4.78 is 41.1. The number of fused-ring (bicyclic) bond motifs is 3. The van der Waals surface area contributed by atoms with Gasteiger partial charge >= 0.3 is 6.18 Å². The number of nitrogens with zero attached hydrogens (tertiary/aromatic N) is 3. The zero-order chi connectivity index (χ0) is 23.5. The van der Waals surface area contributed by atoms with E-state index >= 15 is 0 Å². The molecule has 0 aliphatic heterocycles. The molecule has 6 N–H and O–H groups in total. The number of carbonyl (C=O) groups excluding carboxylic acids is 1. The van der Waals surface area contributed by atoms with Crippen molar-refractivity contribution in [1.82, 2.24) is 19.9 Å². The standard InChI is InChI=1S/C21H19BF3N7O/c22-13-3-11-14(4-10(13)9-5-29-20(27)30-6-9)31-16-12(18(26)33)7-28-19(15(11)16)32-17(8-1-2-8)21(23,24)25/h3-8,17,31H,1-2,22H2,(H2,26,33)(H,28,32)(H2,27,29,30). The van der Waals surface area contributed by atoms with Crippen molar-refractivity contribution < 1.29 is 18.0 Å². The number of rotatable bonds is 5. The Morgan fingerprint density at radius 2 is 1.88 bits per heavy atom. The van der Waals surface area contributed by atoms with Crippen molar-refractivity contribution in [3.8, 4) is 11.1 Å². The van der Waals surface area contributed by atoms with Gasteiger partial charge in [0.15, 0.2) is 0 Å². The lowest BCUT2D eigenvalue weighted by molar-refractivity contribution is -0.146. The van der Waals surface area contributed by atoms with E-state index in [1.54, 1.807) is 12.4 Å². The van der Waals surface area contributed by atoms with Crippen LogP contribution in [0.25, 0.3) is 32.9 Å². The van der Waals surface area contributed by atoms with Crippen LogP contribution in [0, 0.1) is 5.92 Å². The summed E-state index contributed by atoms with van der Waals surface area (Å²) in [5.74, 6) is -1.03. The van der Waals surface area contributed by atoms with Crippen molar-refractivity contribution in [2.75, 3.05) is 11.1 Å². The van der Waals surface area contributed by atoms with Crippen molar-refractivity contribution >= 4 is 52.8 Å². The highest BCUT2D eigenvalue weighted by Gasteiger charge is 2.49. The summed E-state index contributed by atoms with van der Waals surface area (Å²) in [7, 11) is 1.87. The third-order valence-electron chi connectivity index (χ3n) is 5.96. The van der Waals surface area contributed by atoms with Crippen molar-refractivity contribution in [2.24, 2.45) is 11.7 Å².